The van der Waals surface area contributed by atoms with E-state index in [9.17, 15) is 13.2 Å². The number of nitrogens with one attached hydrogen (secondary N) is 1. The number of carbonyl (C=O) groups excluding carboxylic acids is 1. The van der Waals surface area contributed by atoms with E-state index >= 15 is 0 Å². The first-order chi connectivity index (χ1) is 21.9. The molecule has 0 unspecified atom stereocenters. The van der Waals surface area contributed by atoms with Crippen LogP contribution in [-0.2, 0) is 29.5 Å². The Balaban J connectivity index is 1.28. The van der Waals surface area contributed by atoms with Crippen LogP contribution in [0, 0.1) is 11.3 Å². The molecule has 1 N–H and O–H groups in total. The summed E-state index contributed by atoms with van der Waals surface area (Å²) >= 11 is 1.37. The molecule has 0 aliphatic heterocycles. The largest absolute Gasteiger partial charge is 0.351 e. The normalized spacial score (nSPS) is 11.3. The van der Waals surface area contributed by atoms with Crippen LogP contribution in [0.15, 0.2) is 127 Å². The van der Waals surface area contributed by atoms with E-state index in [0.29, 0.717) is 34.9 Å². The summed E-state index contributed by atoms with van der Waals surface area (Å²) in [5.41, 5.74) is 3.85. The van der Waals surface area contributed by atoms with Gasteiger partial charge in [-0.1, -0.05) is 60.7 Å². The van der Waals surface area contributed by atoms with Gasteiger partial charge in [-0.25, -0.2) is 13.4 Å². The van der Waals surface area contributed by atoms with E-state index in [2.05, 4.69) is 16.4 Å². The predicted octanol–water partition coefficient (Wildman–Crippen LogP) is 6.39. The first-order valence-electron chi connectivity index (χ1n) is 14.3. The fraction of sp³-hybridized carbons (Fsp3) is 0.114. The average Bonchev–Trinajstić information content (AvgIpc) is 3.71. The van der Waals surface area contributed by atoms with Gasteiger partial charge in [0, 0.05) is 24.0 Å². The number of hydrogen-bond acceptors (Lipinski definition) is 6. The standard InChI is InChI=1S/C35H29N5O3S2/c36-21-27-11-13-28(14-12-27)23-39-25-37-22-31(39)24-40(45(42,43)32-9-5-2-6-10-32)30-15-16-33-29(19-30)20-34(44-33)35(41)38-18-17-26-7-3-1-4-8-26/h1-16,19-20,22,25H,17-18,23-24H2,(H,38,41). The Hall–Kier alpha value is -5.24. The summed E-state index contributed by atoms with van der Waals surface area (Å²) in [5, 5.41) is 12.9. The number of aromatic nitrogens is 2. The number of thiophene rings is 1. The van der Waals surface area contributed by atoms with E-state index in [-0.39, 0.29) is 17.3 Å². The number of carbonyl (C=O) groups is 1. The molecule has 0 spiro atoms. The molecule has 0 aliphatic carbocycles. The van der Waals surface area contributed by atoms with Crippen molar-refractivity contribution in [3.63, 3.8) is 0 Å². The second kappa shape index (κ2) is 13.2. The van der Waals surface area contributed by atoms with E-state index in [0.717, 1.165) is 27.6 Å². The highest BCUT2D eigenvalue weighted by molar-refractivity contribution is 7.92. The SMILES string of the molecule is N#Cc1ccc(Cn2cncc2CN(c2ccc3sc(C(=O)NCCc4ccccc4)cc3c2)S(=O)(=O)c2ccccc2)cc1. The van der Waals surface area contributed by atoms with E-state index in [1.165, 1.54) is 15.6 Å². The van der Waals surface area contributed by atoms with Crippen molar-refractivity contribution in [2.75, 3.05) is 10.8 Å². The molecule has 45 heavy (non-hydrogen) atoms. The van der Waals surface area contributed by atoms with Crippen molar-refractivity contribution in [1.29, 1.82) is 5.26 Å². The number of sulfonamides is 1. The molecule has 2 heterocycles. The van der Waals surface area contributed by atoms with Crippen molar-refractivity contribution in [2.24, 2.45) is 0 Å². The number of nitrogens with zero attached hydrogens (tertiary/aromatic N) is 4. The average molecular weight is 632 g/mol. The number of imidazole rings is 1. The van der Waals surface area contributed by atoms with Crippen LogP contribution in [0.2, 0.25) is 0 Å². The molecule has 2 aromatic heterocycles. The molecule has 0 bridgehead atoms. The van der Waals surface area contributed by atoms with Crippen LogP contribution < -0.4 is 9.62 Å². The van der Waals surface area contributed by atoms with E-state index in [1.54, 1.807) is 61.1 Å². The molecule has 10 heteroatoms. The summed E-state index contributed by atoms with van der Waals surface area (Å²) in [4.78, 5) is 18.0. The third-order valence-electron chi connectivity index (χ3n) is 7.42. The van der Waals surface area contributed by atoms with Crippen LogP contribution in [0.5, 0.6) is 0 Å². The van der Waals surface area contributed by atoms with Crippen LogP contribution in [0.25, 0.3) is 10.1 Å². The number of hydrogen-bond donors (Lipinski definition) is 1. The zero-order chi connectivity index (χ0) is 31.2. The Kier molecular flexibility index (Phi) is 8.73. The second-order valence-electron chi connectivity index (χ2n) is 10.5. The topological polar surface area (TPSA) is 108 Å². The Morgan fingerprint density at radius 2 is 1.64 bits per heavy atom. The molecule has 0 fully saturated rings. The fourth-order valence-corrected chi connectivity index (χ4v) is 7.44. The van der Waals surface area contributed by atoms with Crippen molar-refractivity contribution in [3.05, 3.63) is 149 Å². The highest BCUT2D eigenvalue weighted by atomic mass is 32.2. The van der Waals surface area contributed by atoms with Gasteiger partial charge in [-0.15, -0.1) is 11.3 Å². The zero-order valence-corrected chi connectivity index (χ0v) is 25.8. The van der Waals surface area contributed by atoms with Crippen LogP contribution >= 0.6 is 11.3 Å². The van der Waals surface area contributed by atoms with Crippen LogP contribution in [0.4, 0.5) is 5.69 Å². The van der Waals surface area contributed by atoms with Gasteiger partial charge in [0.2, 0.25) is 0 Å². The van der Waals surface area contributed by atoms with Crippen molar-refractivity contribution in [1.82, 2.24) is 14.9 Å². The van der Waals surface area contributed by atoms with Gasteiger partial charge >= 0.3 is 0 Å². The lowest BCUT2D eigenvalue weighted by molar-refractivity contribution is 0.0958. The summed E-state index contributed by atoms with van der Waals surface area (Å²) in [6.45, 7) is 1.02. The number of nitriles is 1. The summed E-state index contributed by atoms with van der Waals surface area (Å²) in [5.74, 6) is -0.158. The molecule has 4 aromatic carbocycles. The monoisotopic (exact) mass is 631 g/mol. The summed E-state index contributed by atoms with van der Waals surface area (Å²) in [6, 6.07) is 35.0. The van der Waals surface area contributed by atoms with Gasteiger partial charge < -0.3 is 9.88 Å². The third-order valence-corrected chi connectivity index (χ3v) is 10.3. The molecule has 0 saturated heterocycles. The van der Waals surface area contributed by atoms with Gasteiger partial charge in [0.25, 0.3) is 15.9 Å². The van der Waals surface area contributed by atoms with E-state index in [4.69, 9.17) is 5.26 Å². The lowest BCUT2D eigenvalue weighted by Gasteiger charge is -2.25. The minimum atomic E-state index is -3.97. The summed E-state index contributed by atoms with van der Waals surface area (Å²) in [6.07, 6.45) is 4.07. The molecular formula is C35H29N5O3S2. The highest BCUT2D eigenvalue weighted by Gasteiger charge is 2.27. The molecule has 6 rings (SSSR count). The number of benzene rings is 4. The van der Waals surface area contributed by atoms with Crippen molar-refractivity contribution in [3.8, 4) is 6.07 Å². The van der Waals surface area contributed by atoms with E-state index in [1.807, 2.05) is 65.2 Å². The maximum atomic E-state index is 14.1. The Bertz CT molecular complexity index is 2080. The Morgan fingerprint density at radius 3 is 2.38 bits per heavy atom. The predicted molar refractivity (Wildman–Crippen MR) is 177 cm³/mol. The molecular weight excluding hydrogens is 603 g/mol. The maximum Gasteiger partial charge on any atom is 0.264 e. The fourth-order valence-electron chi connectivity index (χ4n) is 5.04. The van der Waals surface area contributed by atoms with Crippen LogP contribution in [0.1, 0.15) is 32.1 Å². The first kappa shape index (κ1) is 29.8. The molecule has 0 atom stereocenters. The Morgan fingerprint density at radius 1 is 0.911 bits per heavy atom. The van der Waals surface area contributed by atoms with Crippen molar-refractivity contribution in [2.45, 2.75) is 24.4 Å². The van der Waals surface area contributed by atoms with Crippen LogP contribution in [-0.4, -0.2) is 30.4 Å². The zero-order valence-electron chi connectivity index (χ0n) is 24.2. The lowest BCUT2D eigenvalue weighted by atomic mass is 10.1. The first-order valence-corrected chi connectivity index (χ1v) is 16.6. The third kappa shape index (κ3) is 6.80. The quantitative estimate of drug-likeness (QED) is 0.178. The molecule has 0 radical (unpaired) electrons. The molecule has 224 valence electrons. The highest BCUT2D eigenvalue weighted by Crippen LogP contribution is 2.33. The molecule has 8 nitrogen and oxygen atoms in total. The van der Waals surface area contributed by atoms with E-state index < -0.39 is 10.0 Å². The minimum absolute atomic E-state index is 0.0377. The number of anilines is 1. The molecule has 1 amide bonds. The van der Waals surface area contributed by atoms with Gasteiger partial charge in [0.05, 0.1) is 45.7 Å². The molecule has 6 aromatic rings. The van der Waals surface area contributed by atoms with Crippen LogP contribution in [0.3, 0.4) is 0 Å². The van der Waals surface area contributed by atoms with Gasteiger partial charge in [-0.3, -0.25) is 9.10 Å². The smallest absolute Gasteiger partial charge is 0.264 e. The van der Waals surface area contributed by atoms with Gasteiger partial charge in [0.1, 0.15) is 0 Å². The number of rotatable bonds is 11. The Labute approximate surface area is 265 Å². The van der Waals surface area contributed by atoms with Gasteiger partial charge in [0.15, 0.2) is 0 Å². The maximum absolute atomic E-state index is 14.1. The lowest BCUT2D eigenvalue weighted by Crippen LogP contribution is -2.31. The number of fused-ring (bicyclic) bond motifs is 1. The van der Waals surface area contributed by atoms with Crippen molar-refractivity contribution < 1.29 is 13.2 Å². The molecule has 0 aliphatic rings. The summed E-state index contributed by atoms with van der Waals surface area (Å²) < 4.78 is 32.3. The minimum Gasteiger partial charge on any atom is -0.351 e. The molecule has 0 saturated carbocycles. The number of amides is 1. The van der Waals surface area contributed by atoms with Gasteiger partial charge in [-0.2, -0.15) is 5.26 Å². The van der Waals surface area contributed by atoms with Crippen molar-refractivity contribution >= 4 is 43.0 Å². The summed E-state index contributed by atoms with van der Waals surface area (Å²) in [7, 11) is -3.97. The second-order valence-corrected chi connectivity index (χ2v) is 13.4. The van der Waals surface area contributed by atoms with Gasteiger partial charge in [-0.05, 0) is 71.5 Å².